The first-order valence-corrected chi connectivity index (χ1v) is 35.1. The zero-order valence-corrected chi connectivity index (χ0v) is 62.6. The lowest BCUT2D eigenvalue weighted by Gasteiger charge is -2.30. The van der Waals surface area contributed by atoms with Gasteiger partial charge < -0.3 is 131 Å². The maximum atomic E-state index is 14.8. The van der Waals surface area contributed by atoms with Crippen LogP contribution >= 0.6 is 0 Å². The minimum absolute atomic E-state index is 0.201. The number of hydrogen-bond donors (Lipinski definition) is 21. The number of nitrogens with one attached hydrogen (secondary N) is 13. The number of benzene rings is 3. The highest BCUT2D eigenvalue weighted by molar-refractivity contribution is 6.05. The van der Waals surface area contributed by atoms with E-state index in [2.05, 4.69) is 47.9 Å². The fourth-order valence-corrected chi connectivity index (χ4v) is 10.8. The standard InChI is InChI=1S/C70H92N16O29/c1-32(20-53(92)93)57-68(109)84-46(23-48(88)38-14-9-10-15-39(38)71)69(110)115-34(3)58(86-65(106)45(27-56(98)99)83-64(105)42(24-50(73)89)81-60(101)40(72)21-36-17-18-37(112-4)22-49(36)113-5)67(108)76-29-51(90)78-41(16-11-19-74-70(111)114-31-35-12-7-6-8-13-35)62(103)82-44(26-55(96)97)63(104)77-33(2)59(100)80-43(25-54(94)95)61(102)75-28-52(91)79-47(30-87)66(107)85-57/h6-10,12-15,17-18,22,32-34,40-47,57-58,87H,11,16,19-21,23-31,71-72H2,1-5H3,(H2,73,89)(H,74,111)(H,75,102)(H,76,108)(H,77,104)(H,78,90)(H,79,91)(H,80,100)(H,81,101)(H,82,103)(H,83,105)(H,84,109)(H,85,107)(H,86,106)(H,92,93)(H,94,95)(H,96,97)(H,98,99)/t32-,33-,34-,40+,41+,42-,43+,44+,45+,46+,47-,57+,58+/m1/s1. The SMILES string of the molecule is COc1ccc(C[C@H](N)C(=O)N[C@H](CC(N)=O)C(=O)N[C@@H](CC(=O)O)C(=O)N[C@@H]2C(=O)NCC(=O)N[C@@H](CCCNC(=O)OCc3ccccc3)C(=O)N[C@@H](CC(=O)O)C(=O)N[C@H](C)C(=O)N[C@@H](CC(=O)O)C(=O)NCC(=O)N[C@H](CO)C(=O)N[C@@H]([C@H](C)CC(=O)O)C(=O)N[C@@H](CC(=O)c3ccccc3N)C(=O)O[C@@H]2C)c(OC)c1. The molecule has 115 heavy (non-hydrogen) atoms. The second-order valence-corrected chi connectivity index (χ2v) is 25.9. The van der Waals surface area contributed by atoms with E-state index in [0.717, 1.165) is 20.8 Å². The predicted octanol–water partition coefficient (Wildman–Crippen LogP) is -7.42. The smallest absolute Gasteiger partial charge is 0.407 e. The topological polar surface area (TPSA) is 714 Å². The predicted molar refractivity (Wildman–Crippen MR) is 391 cm³/mol. The lowest BCUT2D eigenvalue weighted by molar-refractivity contribution is -0.156. The van der Waals surface area contributed by atoms with Crippen LogP contribution in [0.3, 0.4) is 0 Å². The van der Waals surface area contributed by atoms with Gasteiger partial charge in [0.2, 0.25) is 76.8 Å². The number of para-hydroxylation sites is 1. The van der Waals surface area contributed by atoms with Crippen molar-refractivity contribution in [3.8, 4) is 11.5 Å². The number of amides is 14. The molecule has 3 aromatic carbocycles. The number of alkyl carbamates (subject to hydrolysis) is 1. The van der Waals surface area contributed by atoms with E-state index in [-0.39, 0.29) is 43.0 Å². The number of carboxylic acid groups (broad SMARTS) is 4. The average molecular weight is 1620 g/mol. The monoisotopic (exact) mass is 1620 g/mol. The Labute approximate surface area is 653 Å². The summed E-state index contributed by atoms with van der Waals surface area (Å²) >= 11 is 0. The molecule has 0 aromatic heterocycles. The number of carboxylic acids is 4. The molecule has 4 rings (SSSR count). The van der Waals surface area contributed by atoms with Crippen molar-refractivity contribution < 1.29 is 140 Å². The third-order valence-electron chi connectivity index (χ3n) is 16.8. The van der Waals surface area contributed by atoms with E-state index >= 15 is 0 Å². The number of carbonyl (C=O) groups excluding carboxylic acids is 16. The Morgan fingerprint density at radius 1 is 0.583 bits per heavy atom. The number of cyclic esters (lactones) is 1. The molecule has 0 bridgehead atoms. The van der Waals surface area contributed by atoms with Crippen LogP contribution in [0, 0.1) is 5.92 Å². The van der Waals surface area contributed by atoms with E-state index in [1.54, 1.807) is 30.3 Å². The number of hydrogen-bond acceptors (Lipinski definition) is 27. The van der Waals surface area contributed by atoms with E-state index in [0.29, 0.717) is 16.9 Å². The van der Waals surface area contributed by atoms with Gasteiger partial charge in [0.15, 0.2) is 5.78 Å². The summed E-state index contributed by atoms with van der Waals surface area (Å²) in [6, 6.07) is -5.12. The number of anilines is 1. The van der Waals surface area contributed by atoms with Gasteiger partial charge in [0.1, 0.15) is 84.6 Å². The molecule has 14 amide bonds. The number of aliphatic hydroxyl groups is 1. The number of methoxy groups -OCH3 is 2. The van der Waals surface area contributed by atoms with Crippen LogP contribution in [0.2, 0.25) is 0 Å². The fraction of sp³-hybridized carbons (Fsp3) is 0.457. The summed E-state index contributed by atoms with van der Waals surface area (Å²) in [7, 11) is 2.68. The number of ketones is 1. The van der Waals surface area contributed by atoms with Gasteiger partial charge >= 0.3 is 35.9 Å². The number of Topliss-reactive ketones (excluding diaryl/α,β-unsaturated/α-hetero) is 1. The Balaban J connectivity index is 1.90. The Bertz CT molecular complexity index is 4090. The summed E-state index contributed by atoms with van der Waals surface area (Å²) in [6.07, 6.45) is -11.4. The van der Waals surface area contributed by atoms with E-state index in [9.17, 15) is 121 Å². The highest BCUT2D eigenvalue weighted by Gasteiger charge is 2.41. The van der Waals surface area contributed by atoms with Crippen molar-refractivity contribution in [3.05, 3.63) is 89.5 Å². The van der Waals surface area contributed by atoms with Crippen LogP contribution in [-0.4, -0.2) is 257 Å². The van der Waals surface area contributed by atoms with Crippen LogP contribution in [0.5, 0.6) is 11.5 Å². The molecule has 1 fully saturated rings. The summed E-state index contributed by atoms with van der Waals surface area (Å²) in [5, 5.41) is 77.4. The molecule has 0 saturated carbocycles. The maximum absolute atomic E-state index is 14.8. The van der Waals surface area contributed by atoms with E-state index in [1.165, 1.54) is 56.7 Å². The number of carbonyl (C=O) groups is 20. The lowest BCUT2D eigenvalue weighted by Crippen LogP contribution is -2.61. The quantitative estimate of drug-likeness (QED) is 0.0123. The molecule has 1 aliphatic rings. The van der Waals surface area contributed by atoms with Crippen LogP contribution < -0.4 is 95.8 Å². The van der Waals surface area contributed by atoms with Gasteiger partial charge in [0.05, 0.1) is 72.1 Å². The number of esters is 1. The lowest BCUT2D eigenvalue weighted by atomic mass is 9.96. The number of aliphatic carboxylic acids is 4. The van der Waals surface area contributed by atoms with Gasteiger partial charge in [-0.15, -0.1) is 0 Å². The minimum Gasteiger partial charge on any atom is -0.497 e. The highest BCUT2D eigenvalue weighted by Crippen LogP contribution is 2.26. The van der Waals surface area contributed by atoms with Crippen molar-refractivity contribution in [2.75, 3.05) is 46.2 Å². The first-order chi connectivity index (χ1) is 54.2. The molecule has 1 aliphatic heterocycles. The van der Waals surface area contributed by atoms with Crippen LogP contribution in [0.15, 0.2) is 72.8 Å². The Kier molecular flexibility index (Phi) is 37.7. The van der Waals surface area contributed by atoms with E-state index in [4.69, 9.17) is 36.1 Å². The van der Waals surface area contributed by atoms with Crippen LogP contribution in [0.4, 0.5) is 10.5 Å². The van der Waals surface area contributed by atoms with E-state index in [1.807, 2.05) is 21.3 Å². The molecule has 626 valence electrons. The molecule has 0 aliphatic carbocycles. The van der Waals surface area contributed by atoms with Crippen molar-refractivity contribution >= 4 is 124 Å². The summed E-state index contributed by atoms with van der Waals surface area (Å²) < 4.78 is 21.4. The summed E-state index contributed by atoms with van der Waals surface area (Å²) in [6.45, 7) is -1.46. The molecule has 3 aromatic rings. The van der Waals surface area contributed by atoms with Crippen LogP contribution in [0.1, 0.15) is 93.6 Å². The number of aliphatic hydroxyl groups excluding tert-OH is 1. The van der Waals surface area contributed by atoms with Gasteiger partial charge in [-0.3, -0.25) is 86.3 Å². The number of nitrogens with two attached hydrogens (primary N) is 3. The molecule has 24 N–H and O–H groups in total. The highest BCUT2D eigenvalue weighted by atomic mass is 16.6. The Hall–Kier alpha value is -13.6. The molecular weight excluding hydrogens is 1530 g/mol. The largest absolute Gasteiger partial charge is 0.497 e. The van der Waals surface area contributed by atoms with Crippen molar-refractivity contribution in [1.82, 2.24) is 69.1 Å². The minimum atomic E-state index is -2.48. The fourth-order valence-electron chi connectivity index (χ4n) is 10.8. The summed E-state index contributed by atoms with van der Waals surface area (Å²) in [5.41, 5.74) is 18.2. The van der Waals surface area contributed by atoms with Crippen LogP contribution in [-0.2, 0) is 109 Å². The molecule has 0 radical (unpaired) electrons. The molecule has 45 nitrogen and oxygen atoms in total. The molecule has 0 unspecified atom stereocenters. The molecule has 45 heteroatoms. The second kappa shape index (κ2) is 46.3. The molecule has 1 heterocycles. The first kappa shape index (κ1) is 93.8. The Morgan fingerprint density at radius 2 is 1.14 bits per heavy atom. The second-order valence-electron chi connectivity index (χ2n) is 25.9. The summed E-state index contributed by atoms with van der Waals surface area (Å²) in [5.74, 6) is -29.2. The number of rotatable bonds is 31. The van der Waals surface area contributed by atoms with Gasteiger partial charge in [-0.2, -0.15) is 0 Å². The van der Waals surface area contributed by atoms with Gasteiger partial charge in [0.25, 0.3) is 0 Å². The van der Waals surface area contributed by atoms with E-state index < -0.39 is 262 Å². The van der Waals surface area contributed by atoms with Crippen molar-refractivity contribution in [3.63, 3.8) is 0 Å². The van der Waals surface area contributed by atoms with Crippen molar-refractivity contribution in [1.29, 1.82) is 0 Å². The number of nitrogen functional groups attached to an aromatic ring is 1. The van der Waals surface area contributed by atoms with Gasteiger partial charge in [0, 0.05) is 36.7 Å². The third-order valence-corrected chi connectivity index (χ3v) is 16.8. The normalized spacial score (nSPS) is 21.0. The molecule has 13 atom stereocenters. The molecular formula is C70H92N16O29. The van der Waals surface area contributed by atoms with Crippen molar-refractivity contribution in [2.24, 2.45) is 17.4 Å². The molecule has 0 spiro atoms. The van der Waals surface area contributed by atoms with Gasteiger partial charge in [-0.1, -0.05) is 55.5 Å². The molecule has 1 saturated heterocycles. The Morgan fingerprint density at radius 3 is 1.73 bits per heavy atom. The first-order valence-electron chi connectivity index (χ1n) is 35.1. The number of ether oxygens (including phenoxy) is 4. The maximum Gasteiger partial charge on any atom is 0.407 e. The zero-order valence-electron chi connectivity index (χ0n) is 62.6. The van der Waals surface area contributed by atoms with Gasteiger partial charge in [-0.05, 0) is 61.9 Å². The summed E-state index contributed by atoms with van der Waals surface area (Å²) in [4.78, 5) is 272. The average Bonchev–Trinajstić information content (AvgIpc) is 0.853. The third kappa shape index (κ3) is 31.9. The number of primary amides is 1. The van der Waals surface area contributed by atoms with Crippen molar-refractivity contribution in [2.45, 2.75) is 158 Å². The zero-order chi connectivity index (χ0) is 85.9. The van der Waals surface area contributed by atoms with Gasteiger partial charge in [-0.25, -0.2) is 9.59 Å². The van der Waals surface area contributed by atoms with Crippen LogP contribution in [0.25, 0.3) is 0 Å².